The fraction of sp³-hybridized carbons (Fsp3) is 0. The van der Waals surface area contributed by atoms with E-state index in [2.05, 4.69) is 146 Å². The SMILES string of the molecule is c1ccc(-c2nc(-c3ccc4c(c3)sc3ccccc34)cc(-c3ccc4sc5ccc6c(-c7ccccc7)nc7ccccc7c6c5c4c3)n2)cc1. The summed E-state index contributed by atoms with van der Waals surface area (Å²) in [6.07, 6.45) is 0. The lowest BCUT2D eigenvalue weighted by atomic mass is 9.95. The fourth-order valence-corrected chi connectivity index (χ4v) is 9.87. The minimum atomic E-state index is 0.717. The zero-order chi connectivity index (χ0) is 34.2. The van der Waals surface area contributed by atoms with Crippen LogP contribution in [0, 0.1) is 0 Å². The smallest absolute Gasteiger partial charge is 0.160 e. The number of rotatable bonds is 4. The maximum absolute atomic E-state index is 5.22. The Bertz CT molecular complexity index is 3180. The highest BCUT2D eigenvalue weighted by Crippen LogP contribution is 2.45. The number of aromatic nitrogens is 3. The largest absolute Gasteiger partial charge is 0.247 e. The Balaban J connectivity index is 1.15. The summed E-state index contributed by atoms with van der Waals surface area (Å²) in [5, 5.41) is 8.65. The predicted octanol–water partition coefficient (Wildman–Crippen LogP) is 13.6. The first-order valence-corrected chi connectivity index (χ1v) is 19.0. The molecule has 7 aromatic carbocycles. The number of para-hydroxylation sites is 1. The van der Waals surface area contributed by atoms with Crippen LogP contribution in [0.5, 0.6) is 0 Å². The molecular formula is C47H27N3S2. The topological polar surface area (TPSA) is 38.7 Å². The second-order valence-electron chi connectivity index (χ2n) is 13.2. The van der Waals surface area contributed by atoms with E-state index in [1.165, 1.54) is 51.1 Å². The highest BCUT2D eigenvalue weighted by molar-refractivity contribution is 7.26. The monoisotopic (exact) mass is 697 g/mol. The Kier molecular flexibility index (Phi) is 6.59. The summed E-state index contributed by atoms with van der Waals surface area (Å²) >= 11 is 3.67. The maximum Gasteiger partial charge on any atom is 0.160 e. The zero-order valence-corrected chi connectivity index (χ0v) is 29.4. The van der Waals surface area contributed by atoms with Crippen molar-refractivity contribution >= 4 is 84.7 Å². The second-order valence-corrected chi connectivity index (χ2v) is 15.3. The fourth-order valence-electron chi connectivity index (χ4n) is 7.63. The number of nitrogens with zero attached hydrogens (tertiary/aromatic N) is 3. The Morgan fingerprint density at radius 3 is 1.75 bits per heavy atom. The highest BCUT2D eigenvalue weighted by Gasteiger charge is 2.18. The summed E-state index contributed by atoms with van der Waals surface area (Å²) in [5.41, 5.74) is 8.08. The van der Waals surface area contributed by atoms with Gasteiger partial charge in [-0.15, -0.1) is 22.7 Å². The number of hydrogen-bond acceptors (Lipinski definition) is 5. The molecule has 4 heterocycles. The number of benzene rings is 7. The molecule has 52 heavy (non-hydrogen) atoms. The van der Waals surface area contributed by atoms with Crippen LogP contribution in [0.15, 0.2) is 164 Å². The summed E-state index contributed by atoms with van der Waals surface area (Å²) < 4.78 is 5.07. The van der Waals surface area contributed by atoms with E-state index in [0.29, 0.717) is 0 Å². The quantitative estimate of drug-likeness (QED) is 0.172. The van der Waals surface area contributed by atoms with Gasteiger partial charge >= 0.3 is 0 Å². The van der Waals surface area contributed by atoms with Gasteiger partial charge < -0.3 is 0 Å². The summed E-state index contributed by atoms with van der Waals surface area (Å²) in [7, 11) is 0. The molecule has 4 aromatic heterocycles. The van der Waals surface area contributed by atoms with Gasteiger partial charge in [0.05, 0.1) is 22.6 Å². The molecule has 0 bridgehead atoms. The minimum absolute atomic E-state index is 0.717. The number of hydrogen-bond donors (Lipinski definition) is 0. The zero-order valence-electron chi connectivity index (χ0n) is 27.7. The summed E-state index contributed by atoms with van der Waals surface area (Å²) in [5.74, 6) is 0.717. The lowest BCUT2D eigenvalue weighted by Crippen LogP contribution is -1.95. The highest BCUT2D eigenvalue weighted by atomic mass is 32.1. The molecule has 0 amide bonds. The van der Waals surface area contributed by atoms with Crippen molar-refractivity contribution in [2.75, 3.05) is 0 Å². The van der Waals surface area contributed by atoms with E-state index in [1.807, 2.05) is 40.9 Å². The average molecular weight is 698 g/mol. The molecule has 242 valence electrons. The van der Waals surface area contributed by atoms with Crippen molar-refractivity contribution in [3.8, 4) is 45.2 Å². The van der Waals surface area contributed by atoms with E-state index in [9.17, 15) is 0 Å². The van der Waals surface area contributed by atoms with Gasteiger partial charge in [0, 0.05) is 78.8 Å². The van der Waals surface area contributed by atoms with Crippen LogP contribution in [0.25, 0.3) is 107 Å². The van der Waals surface area contributed by atoms with Gasteiger partial charge in [-0.2, -0.15) is 0 Å². The first kappa shape index (κ1) is 29.5. The van der Waals surface area contributed by atoms with E-state index >= 15 is 0 Å². The van der Waals surface area contributed by atoms with Crippen LogP contribution in [-0.4, -0.2) is 15.0 Å². The number of fused-ring (bicyclic) bond motifs is 10. The van der Waals surface area contributed by atoms with Crippen LogP contribution in [0.1, 0.15) is 0 Å². The summed E-state index contributed by atoms with van der Waals surface area (Å²) in [6.45, 7) is 0. The Morgan fingerprint density at radius 2 is 0.923 bits per heavy atom. The second kappa shape index (κ2) is 11.6. The molecule has 3 nitrogen and oxygen atoms in total. The molecule has 0 saturated carbocycles. The van der Waals surface area contributed by atoms with Crippen LogP contribution in [0.3, 0.4) is 0 Å². The molecule has 0 fully saturated rings. The van der Waals surface area contributed by atoms with Gasteiger partial charge in [0.15, 0.2) is 5.82 Å². The van der Waals surface area contributed by atoms with Crippen LogP contribution in [0.2, 0.25) is 0 Å². The van der Waals surface area contributed by atoms with E-state index in [4.69, 9.17) is 15.0 Å². The Morgan fingerprint density at radius 1 is 0.327 bits per heavy atom. The molecule has 11 aromatic rings. The van der Waals surface area contributed by atoms with E-state index in [0.717, 1.165) is 56.1 Å². The Hall–Kier alpha value is -6.27. The first-order chi connectivity index (χ1) is 25.7. The number of pyridine rings is 1. The van der Waals surface area contributed by atoms with Crippen molar-refractivity contribution in [2.24, 2.45) is 0 Å². The molecule has 0 N–H and O–H groups in total. The molecule has 0 atom stereocenters. The molecule has 0 spiro atoms. The standard InChI is InChI=1S/C47H27N3S2/c1-3-11-28(12-4-1)46-35-22-24-42-45(44(35)34-16-7-9-17-37(34)48-46)36-25-30(20-23-41(36)51-42)38-27-39(50-47(49-38)29-13-5-2-6-14-29)31-19-21-33-32-15-8-10-18-40(32)52-43(33)26-31/h1-27H. The van der Waals surface area contributed by atoms with Gasteiger partial charge in [-0.3, -0.25) is 0 Å². The molecule has 5 heteroatoms. The first-order valence-electron chi connectivity index (χ1n) is 17.3. The van der Waals surface area contributed by atoms with Crippen LogP contribution < -0.4 is 0 Å². The van der Waals surface area contributed by atoms with Gasteiger partial charge in [0.1, 0.15) is 0 Å². The Labute approximate surface area is 307 Å². The number of thiophene rings is 2. The van der Waals surface area contributed by atoms with Crippen molar-refractivity contribution in [1.29, 1.82) is 0 Å². The average Bonchev–Trinajstić information content (AvgIpc) is 3.78. The lowest BCUT2D eigenvalue weighted by Gasteiger charge is -2.12. The summed E-state index contributed by atoms with van der Waals surface area (Å²) in [4.78, 5) is 15.6. The van der Waals surface area contributed by atoms with Crippen molar-refractivity contribution in [3.05, 3.63) is 164 Å². The minimum Gasteiger partial charge on any atom is -0.247 e. The van der Waals surface area contributed by atoms with Crippen LogP contribution in [0.4, 0.5) is 0 Å². The molecule has 11 rings (SSSR count). The molecule has 0 aliphatic carbocycles. The van der Waals surface area contributed by atoms with Gasteiger partial charge in [-0.25, -0.2) is 15.0 Å². The van der Waals surface area contributed by atoms with E-state index < -0.39 is 0 Å². The molecule has 0 radical (unpaired) electrons. The maximum atomic E-state index is 5.22. The molecule has 0 saturated heterocycles. The van der Waals surface area contributed by atoms with Gasteiger partial charge in [0.2, 0.25) is 0 Å². The lowest BCUT2D eigenvalue weighted by molar-refractivity contribution is 1.18. The van der Waals surface area contributed by atoms with Crippen LogP contribution in [-0.2, 0) is 0 Å². The molecule has 0 unspecified atom stereocenters. The van der Waals surface area contributed by atoms with Gasteiger partial charge in [0.25, 0.3) is 0 Å². The van der Waals surface area contributed by atoms with Gasteiger partial charge in [-0.1, -0.05) is 121 Å². The van der Waals surface area contributed by atoms with E-state index in [1.54, 1.807) is 0 Å². The van der Waals surface area contributed by atoms with Crippen molar-refractivity contribution in [1.82, 2.24) is 15.0 Å². The normalized spacial score (nSPS) is 11.8. The molecule has 0 aliphatic rings. The van der Waals surface area contributed by atoms with Gasteiger partial charge in [-0.05, 0) is 42.5 Å². The third kappa shape index (κ3) is 4.67. The summed E-state index contributed by atoms with van der Waals surface area (Å²) in [6, 6.07) is 58.2. The van der Waals surface area contributed by atoms with Crippen molar-refractivity contribution in [3.63, 3.8) is 0 Å². The predicted molar refractivity (Wildman–Crippen MR) is 222 cm³/mol. The molecule has 0 aliphatic heterocycles. The van der Waals surface area contributed by atoms with Crippen molar-refractivity contribution < 1.29 is 0 Å². The third-order valence-electron chi connectivity index (χ3n) is 10.1. The van der Waals surface area contributed by atoms with Crippen molar-refractivity contribution in [2.45, 2.75) is 0 Å². The van der Waals surface area contributed by atoms with E-state index in [-0.39, 0.29) is 0 Å². The third-order valence-corrected chi connectivity index (χ3v) is 12.3. The molecular weight excluding hydrogens is 671 g/mol. The van der Waals surface area contributed by atoms with Crippen LogP contribution >= 0.6 is 22.7 Å².